The van der Waals surface area contributed by atoms with Crippen LogP contribution < -0.4 is 0 Å². The van der Waals surface area contributed by atoms with E-state index in [0.29, 0.717) is 0 Å². The maximum atomic E-state index is 6.92. The predicted molar refractivity (Wildman–Crippen MR) is 235 cm³/mol. The van der Waals surface area contributed by atoms with Gasteiger partial charge in [0.1, 0.15) is 22.3 Å². The molecule has 0 saturated heterocycles. The summed E-state index contributed by atoms with van der Waals surface area (Å²) in [6.07, 6.45) is 0. The molecular formula is C54H32O2. The predicted octanol–water partition coefficient (Wildman–Crippen LogP) is 15.6. The zero-order valence-electron chi connectivity index (χ0n) is 30.3. The average molecular weight is 713 g/mol. The van der Waals surface area contributed by atoms with E-state index in [1.165, 1.54) is 49.0 Å². The first-order valence-electron chi connectivity index (χ1n) is 19.2. The maximum Gasteiger partial charge on any atom is 0.143 e. The number of benzene rings is 10. The first-order valence-corrected chi connectivity index (χ1v) is 19.2. The number of furan rings is 2. The fourth-order valence-electron chi connectivity index (χ4n) is 9.17. The summed E-state index contributed by atoms with van der Waals surface area (Å²) in [5, 5.41) is 11.9. The summed E-state index contributed by atoms with van der Waals surface area (Å²) >= 11 is 0. The van der Waals surface area contributed by atoms with Crippen LogP contribution in [-0.2, 0) is 0 Å². The molecule has 0 aliphatic rings. The van der Waals surface area contributed by atoms with Gasteiger partial charge in [0.2, 0.25) is 0 Å². The van der Waals surface area contributed by atoms with Crippen LogP contribution in [0.1, 0.15) is 0 Å². The van der Waals surface area contributed by atoms with Crippen molar-refractivity contribution in [3.8, 4) is 44.5 Å². The van der Waals surface area contributed by atoms with E-state index in [1.807, 2.05) is 12.1 Å². The highest BCUT2D eigenvalue weighted by Crippen LogP contribution is 2.49. The highest BCUT2D eigenvalue weighted by Gasteiger charge is 2.23. The maximum absolute atomic E-state index is 6.92. The molecule has 2 heteroatoms. The van der Waals surface area contributed by atoms with Gasteiger partial charge in [0, 0.05) is 32.7 Å². The summed E-state index contributed by atoms with van der Waals surface area (Å²) in [7, 11) is 0. The largest absolute Gasteiger partial charge is 0.456 e. The van der Waals surface area contributed by atoms with Gasteiger partial charge in [-0.1, -0.05) is 164 Å². The summed E-state index contributed by atoms with van der Waals surface area (Å²) < 4.78 is 13.0. The third-order valence-corrected chi connectivity index (χ3v) is 11.7. The van der Waals surface area contributed by atoms with Crippen LogP contribution in [0.25, 0.3) is 121 Å². The number of hydrogen-bond donors (Lipinski definition) is 0. The smallest absolute Gasteiger partial charge is 0.143 e. The van der Waals surface area contributed by atoms with Crippen LogP contribution in [0.2, 0.25) is 0 Å². The lowest BCUT2D eigenvalue weighted by molar-refractivity contribution is 0.669. The minimum Gasteiger partial charge on any atom is -0.456 e. The van der Waals surface area contributed by atoms with Crippen LogP contribution in [-0.4, -0.2) is 0 Å². The van der Waals surface area contributed by atoms with Crippen LogP contribution in [0.3, 0.4) is 0 Å². The molecule has 0 aliphatic heterocycles. The van der Waals surface area contributed by atoms with Gasteiger partial charge in [-0.3, -0.25) is 0 Å². The Bertz CT molecular complexity index is 3460. The van der Waals surface area contributed by atoms with Gasteiger partial charge in [0.15, 0.2) is 0 Å². The van der Waals surface area contributed by atoms with Crippen LogP contribution in [0.5, 0.6) is 0 Å². The highest BCUT2D eigenvalue weighted by atomic mass is 16.3. The quantitative estimate of drug-likeness (QED) is 0.170. The molecule has 12 rings (SSSR count). The van der Waals surface area contributed by atoms with E-state index in [-0.39, 0.29) is 0 Å². The molecule has 2 aromatic heterocycles. The number of rotatable bonds is 4. The van der Waals surface area contributed by atoms with Gasteiger partial charge >= 0.3 is 0 Å². The van der Waals surface area contributed by atoms with Crippen molar-refractivity contribution in [1.29, 1.82) is 0 Å². The van der Waals surface area contributed by atoms with E-state index in [9.17, 15) is 0 Å². The van der Waals surface area contributed by atoms with Crippen molar-refractivity contribution in [1.82, 2.24) is 0 Å². The van der Waals surface area contributed by atoms with E-state index in [4.69, 9.17) is 8.83 Å². The van der Waals surface area contributed by atoms with Crippen molar-refractivity contribution < 1.29 is 8.83 Å². The van der Waals surface area contributed by atoms with Crippen LogP contribution in [0.15, 0.2) is 203 Å². The minimum atomic E-state index is 0.884. The van der Waals surface area contributed by atoms with Crippen molar-refractivity contribution in [2.75, 3.05) is 0 Å². The van der Waals surface area contributed by atoms with Crippen molar-refractivity contribution >= 4 is 76.2 Å². The molecule has 260 valence electrons. The zero-order chi connectivity index (χ0) is 36.7. The van der Waals surface area contributed by atoms with Crippen molar-refractivity contribution in [3.05, 3.63) is 194 Å². The van der Waals surface area contributed by atoms with E-state index in [2.05, 4.69) is 182 Å². The van der Waals surface area contributed by atoms with Gasteiger partial charge in [-0.05, 0) is 96.0 Å². The Balaban J connectivity index is 1.07. The Morgan fingerprint density at radius 1 is 0.268 bits per heavy atom. The molecule has 0 unspecified atom stereocenters. The summed E-state index contributed by atoms with van der Waals surface area (Å²) in [6, 6.07) is 69.8. The fourth-order valence-corrected chi connectivity index (χ4v) is 9.17. The standard InChI is InChI=1S/C54H32O2/c1-2-14-37-34(12-1)13-11-21-40(37)51-41-16-3-5-18-43(41)52(44-19-6-4-17-42(44)51)46-30-29-38(53-45-20-8-10-23-49(45)56-54(46)53)35-26-24-33(25-27-35)36-28-31-50-47(32-36)39-15-7-9-22-48(39)55-50/h1-32H. The normalized spacial score (nSPS) is 11.9. The Morgan fingerprint density at radius 3 is 1.48 bits per heavy atom. The molecule has 12 aromatic rings. The molecule has 0 amide bonds. The lowest BCUT2D eigenvalue weighted by Crippen LogP contribution is -1.92. The number of hydrogen-bond acceptors (Lipinski definition) is 2. The Kier molecular flexibility index (Phi) is 6.66. The average Bonchev–Trinajstić information content (AvgIpc) is 3.84. The van der Waals surface area contributed by atoms with Crippen LogP contribution >= 0.6 is 0 Å². The summed E-state index contributed by atoms with van der Waals surface area (Å²) in [5.74, 6) is 0. The molecule has 0 spiro atoms. The van der Waals surface area contributed by atoms with Gasteiger partial charge in [-0.15, -0.1) is 0 Å². The zero-order valence-corrected chi connectivity index (χ0v) is 30.3. The van der Waals surface area contributed by atoms with Crippen molar-refractivity contribution in [3.63, 3.8) is 0 Å². The number of para-hydroxylation sites is 2. The first-order chi connectivity index (χ1) is 27.8. The van der Waals surface area contributed by atoms with E-state index < -0.39 is 0 Å². The molecule has 2 heterocycles. The second-order valence-corrected chi connectivity index (χ2v) is 14.7. The molecule has 0 radical (unpaired) electrons. The summed E-state index contributed by atoms with van der Waals surface area (Å²) in [4.78, 5) is 0. The molecular weight excluding hydrogens is 681 g/mol. The van der Waals surface area contributed by atoms with Crippen molar-refractivity contribution in [2.45, 2.75) is 0 Å². The molecule has 10 aromatic carbocycles. The second-order valence-electron chi connectivity index (χ2n) is 14.7. The fraction of sp³-hybridized carbons (Fsp3) is 0. The van der Waals surface area contributed by atoms with Gasteiger partial charge in [-0.2, -0.15) is 0 Å². The minimum absolute atomic E-state index is 0.884. The summed E-state index contributed by atoms with van der Waals surface area (Å²) in [6.45, 7) is 0. The highest BCUT2D eigenvalue weighted by molar-refractivity contribution is 6.27. The van der Waals surface area contributed by atoms with Gasteiger partial charge in [-0.25, -0.2) is 0 Å². The van der Waals surface area contributed by atoms with Crippen LogP contribution in [0.4, 0.5) is 0 Å². The topological polar surface area (TPSA) is 26.3 Å². The van der Waals surface area contributed by atoms with Crippen LogP contribution in [0, 0.1) is 0 Å². The second kappa shape index (κ2) is 12.0. The Labute approximate surface area is 322 Å². The molecule has 2 nitrogen and oxygen atoms in total. The third kappa shape index (κ3) is 4.57. The molecule has 0 saturated carbocycles. The monoisotopic (exact) mass is 712 g/mol. The van der Waals surface area contributed by atoms with Crippen molar-refractivity contribution in [2.24, 2.45) is 0 Å². The molecule has 56 heavy (non-hydrogen) atoms. The molecule has 0 N–H and O–H groups in total. The SMILES string of the molecule is c1ccc2c(-c3c4ccccc4c(-c4ccc(-c5ccc(-c6ccc7oc8ccccc8c7c6)cc5)c5c4oc4ccccc45)c4ccccc34)cccc2c1. The van der Waals surface area contributed by atoms with E-state index >= 15 is 0 Å². The van der Waals surface area contributed by atoms with Gasteiger partial charge < -0.3 is 8.83 Å². The molecule has 0 fully saturated rings. The lowest BCUT2D eigenvalue weighted by atomic mass is 9.84. The van der Waals surface area contributed by atoms with E-state index in [1.54, 1.807) is 0 Å². The van der Waals surface area contributed by atoms with Gasteiger partial charge in [0.25, 0.3) is 0 Å². The molecule has 0 bridgehead atoms. The van der Waals surface area contributed by atoms with E-state index in [0.717, 1.165) is 71.7 Å². The first kappa shape index (κ1) is 31.0. The molecule has 0 aliphatic carbocycles. The Morgan fingerprint density at radius 2 is 0.768 bits per heavy atom. The lowest BCUT2D eigenvalue weighted by Gasteiger charge is -2.19. The number of fused-ring (bicyclic) bond motifs is 9. The summed E-state index contributed by atoms with van der Waals surface area (Å²) in [5.41, 5.74) is 13.0. The Hall–Kier alpha value is -7.42. The molecule has 0 atom stereocenters. The third-order valence-electron chi connectivity index (χ3n) is 11.7. The van der Waals surface area contributed by atoms with Gasteiger partial charge in [0.05, 0.1) is 0 Å².